The Bertz CT molecular complexity index is 953. The molecule has 0 atom stereocenters. The van der Waals surface area contributed by atoms with E-state index in [0.29, 0.717) is 30.5 Å². The van der Waals surface area contributed by atoms with Gasteiger partial charge in [0.1, 0.15) is 23.8 Å². The topological polar surface area (TPSA) is 104 Å². The summed E-state index contributed by atoms with van der Waals surface area (Å²) >= 11 is 0. The molecule has 2 amide bonds. The molecule has 0 fully saturated rings. The Morgan fingerprint density at radius 2 is 1.67 bits per heavy atom. The number of rotatable bonds is 7. The van der Waals surface area contributed by atoms with Gasteiger partial charge in [0.05, 0.1) is 0 Å². The predicted molar refractivity (Wildman–Crippen MR) is 120 cm³/mol. The fourth-order valence-electron chi connectivity index (χ4n) is 2.69. The number of aromatic nitrogens is 3. The smallest absolute Gasteiger partial charge is 0.319 e. The lowest BCUT2D eigenvalue weighted by Gasteiger charge is -2.19. The molecule has 2 heterocycles. The summed E-state index contributed by atoms with van der Waals surface area (Å²) in [5.41, 5.74) is 2.06. The zero-order valence-electron chi connectivity index (χ0n) is 17.4. The van der Waals surface area contributed by atoms with E-state index < -0.39 is 0 Å². The maximum atomic E-state index is 12.1. The van der Waals surface area contributed by atoms with Crippen molar-refractivity contribution in [2.24, 2.45) is 0 Å². The van der Waals surface area contributed by atoms with Crippen LogP contribution >= 0.6 is 0 Å². The van der Waals surface area contributed by atoms with Gasteiger partial charge in [-0.05, 0) is 35.2 Å². The van der Waals surface area contributed by atoms with Crippen molar-refractivity contribution in [2.75, 3.05) is 29.0 Å². The molecule has 8 nitrogen and oxygen atoms in total. The Morgan fingerprint density at radius 3 is 2.37 bits per heavy atom. The Balaban J connectivity index is 1.41. The number of carbonyl (C=O) groups excluding carboxylic acids is 1. The zero-order valence-corrected chi connectivity index (χ0v) is 17.4. The number of pyridine rings is 1. The Labute approximate surface area is 176 Å². The summed E-state index contributed by atoms with van der Waals surface area (Å²) in [7, 11) is 0. The van der Waals surface area contributed by atoms with E-state index in [1.165, 1.54) is 11.9 Å². The summed E-state index contributed by atoms with van der Waals surface area (Å²) < 4.78 is 0. The largest absolute Gasteiger partial charge is 0.368 e. The lowest BCUT2D eigenvalue weighted by Crippen LogP contribution is -2.32. The van der Waals surface area contributed by atoms with Crippen LogP contribution in [0.5, 0.6) is 0 Å². The number of urea groups is 1. The summed E-state index contributed by atoms with van der Waals surface area (Å²) in [4.78, 5) is 24.6. The maximum absolute atomic E-state index is 12.1. The minimum Gasteiger partial charge on any atom is -0.368 e. The van der Waals surface area contributed by atoms with Crippen molar-refractivity contribution in [2.45, 2.75) is 26.2 Å². The molecule has 0 saturated carbocycles. The van der Waals surface area contributed by atoms with Gasteiger partial charge in [-0.15, -0.1) is 0 Å². The fourth-order valence-corrected chi connectivity index (χ4v) is 2.69. The summed E-state index contributed by atoms with van der Waals surface area (Å²) in [5.74, 6) is 2.00. The molecule has 2 aromatic heterocycles. The van der Waals surface area contributed by atoms with E-state index >= 15 is 0 Å². The molecule has 0 aliphatic rings. The predicted octanol–water partition coefficient (Wildman–Crippen LogP) is 4.15. The van der Waals surface area contributed by atoms with Gasteiger partial charge in [-0.3, -0.25) is 0 Å². The average Bonchev–Trinajstić information content (AvgIpc) is 2.72. The highest BCUT2D eigenvalue weighted by Gasteiger charge is 2.13. The van der Waals surface area contributed by atoms with E-state index in [0.717, 1.165) is 5.69 Å². The van der Waals surface area contributed by atoms with Gasteiger partial charge in [0.15, 0.2) is 0 Å². The molecule has 0 aliphatic carbocycles. The molecular weight excluding hydrogens is 378 g/mol. The number of hydrogen-bond donors (Lipinski definition) is 4. The van der Waals surface area contributed by atoms with Crippen molar-refractivity contribution in [1.29, 1.82) is 0 Å². The SMILES string of the molecule is CC(C)(C)c1ccc(NC(=O)NCCNc2cc(Nc3ccccn3)ncn2)cc1. The highest BCUT2D eigenvalue weighted by molar-refractivity contribution is 5.89. The second-order valence-corrected chi connectivity index (χ2v) is 7.76. The fraction of sp³-hybridized carbons (Fsp3) is 0.273. The first kappa shape index (κ1) is 21.0. The normalized spacial score (nSPS) is 10.9. The van der Waals surface area contributed by atoms with Gasteiger partial charge in [-0.2, -0.15) is 0 Å². The molecule has 156 valence electrons. The van der Waals surface area contributed by atoms with Crippen molar-refractivity contribution in [3.05, 3.63) is 66.6 Å². The molecule has 0 unspecified atom stereocenters. The van der Waals surface area contributed by atoms with Crippen molar-refractivity contribution in [1.82, 2.24) is 20.3 Å². The van der Waals surface area contributed by atoms with E-state index in [2.05, 4.69) is 57.0 Å². The van der Waals surface area contributed by atoms with Crippen molar-refractivity contribution in [3.63, 3.8) is 0 Å². The first-order valence-corrected chi connectivity index (χ1v) is 9.79. The van der Waals surface area contributed by atoms with Crippen LogP contribution in [0, 0.1) is 0 Å². The first-order chi connectivity index (χ1) is 14.4. The second kappa shape index (κ2) is 9.69. The molecule has 3 aromatic rings. The van der Waals surface area contributed by atoms with Crippen LogP contribution in [-0.4, -0.2) is 34.1 Å². The molecule has 0 radical (unpaired) electrons. The minimum absolute atomic E-state index is 0.0838. The van der Waals surface area contributed by atoms with Crippen molar-refractivity contribution < 1.29 is 4.79 Å². The first-order valence-electron chi connectivity index (χ1n) is 9.79. The highest BCUT2D eigenvalue weighted by Crippen LogP contribution is 2.23. The Hall–Kier alpha value is -3.68. The molecule has 30 heavy (non-hydrogen) atoms. The van der Waals surface area contributed by atoms with Gasteiger partial charge in [-0.1, -0.05) is 39.0 Å². The van der Waals surface area contributed by atoms with E-state index in [1.807, 2.05) is 42.5 Å². The summed E-state index contributed by atoms with van der Waals surface area (Å²) in [5, 5.41) is 11.9. The lowest BCUT2D eigenvalue weighted by molar-refractivity contribution is 0.252. The quantitative estimate of drug-likeness (QED) is 0.440. The van der Waals surface area contributed by atoms with E-state index in [1.54, 1.807) is 12.3 Å². The summed E-state index contributed by atoms with van der Waals surface area (Å²) in [6.45, 7) is 7.44. The molecular formula is C22H27N7O. The number of benzene rings is 1. The van der Waals surface area contributed by atoms with Gasteiger partial charge in [0, 0.05) is 31.0 Å². The summed E-state index contributed by atoms with van der Waals surface area (Å²) in [6, 6.07) is 15.0. The molecule has 3 rings (SSSR count). The number of nitrogens with one attached hydrogen (secondary N) is 4. The Kier molecular flexibility index (Phi) is 6.79. The van der Waals surface area contributed by atoms with Crippen LogP contribution in [0.2, 0.25) is 0 Å². The number of nitrogens with zero attached hydrogens (tertiary/aromatic N) is 3. The Morgan fingerprint density at radius 1 is 0.900 bits per heavy atom. The van der Waals surface area contributed by atoms with Gasteiger partial charge >= 0.3 is 6.03 Å². The standard InChI is InChI=1S/C22H27N7O/c1-22(2,3)16-7-9-17(10-8-16)28-21(30)25-13-12-24-19-14-20(27-15-26-19)29-18-6-4-5-11-23-18/h4-11,14-15H,12-13H2,1-3H3,(H2,25,28,30)(H2,23,24,26,27,29). The maximum Gasteiger partial charge on any atom is 0.319 e. The number of anilines is 4. The molecule has 1 aromatic carbocycles. The third-order valence-electron chi connectivity index (χ3n) is 4.31. The van der Waals surface area contributed by atoms with Crippen LogP contribution in [0.25, 0.3) is 0 Å². The van der Waals surface area contributed by atoms with Crippen LogP contribution < -0.4 is 21.3 Å². The molecule has 0 aliphatic heterocycles. The van der Waals surface area contributed by atoms with Crippen LogP contribution in [0.3, 0.4) is 0 Å². The average molecular weight is 406 g/mol. The molecule has 0 bridgehead atoms. The van der Waals surface area contributed by atoms with Crippen LogP contribution in [-0.2, 0) is 5.41 Å². The van der Waals surface area contributed by atoms with Gasteiger partial charge in [-0.25, -0.2) is 19.7 Å². The van der Waals surface area contributed by atoms with Crippen LogP contribution in [0.4, 0.5) is 27.9 Å². The number of carbonyl (C=O) groups is 1. The molecule has 8 heteroatoms. The second-order valence-electron chi connectivity index (χ2n) is 7.76. The lowest BCUT2D eigenvalue weighted by atomic mass is 9.87. The van der Waals surface area contributed by atoms with E-state index in [-0.39, 0.29) is 11.4 Å². The van der Waals surface area contributed by atoms with Gasteiger partial charge in [0.25, 0.3) is 0 Å². The highest BCUT2D eigenvalue weighted by atomic mass is 16.2. The van der Waals surface area contributed by atoms with Crippen molar-refractivity contribution in [3.8, 4) is 0 Å². The van der Waals surface area contributed by atoms with Crippen LogP contribution in [0.15, 0.2) is 61.1 Å². The van der Waals surface area contributed by atoms with E-state index in [4.69, 9.17) is 0 Å². The minimum atomic E-state index is -0.250. The molecule has 4 N–H and O–H groups in total. The van der Waals surface area contributed by atoms with Crippen molar-refractivity contribution >= 4 is 29.2 Å². The van der Waals surface area contributed by atoms with Crippen LogP contribution in [0.1, 0.15) is 26.3 Å². The van der Waals surface area contributed by atoms with E-state index in [9.17, 15) is 4.79 Å². The third-order valence-corrected chi connectivity index (χ3v) is 4.31. The van der Waals surface area contributed by atoms with Gasteiger partial charge < -0.3 is 21.3 Å². The zero-order chi connectivity index (χ0) is 21.4. The monoisotopic (exact) mass is 405 g/mol. The molecule has 0 saturated heterocycles. The summed E-state index contributed by atoms with van der Waals surface area (Å²) in [6.07, 6.45) is 3.17. The molecule has 0 spiro atoms. The van der Waals surface area contributed by atoms with Gasteiger partial charge in [0.2, 0.25) is 0 Å². The number of hydrogen-bond acceptors (Lipinski definition) is 6. The number of amides is 2. The third kappa shape index (κ3) is 6.44.